The van der Waals surface area contributed by atoms with E-state index in [1.807, 2.05) is 24.8 Å². The molecule has 0 aliphatic carbocycles. The van der Waals surface area contributed by atoms with Crippen molar-refractivity contribution in [3.63, 3.8) is 0 Å². The molecule has 0 aliphatic heterocycles. The smallest absolute Gasteiger partial charge is 0.0798 e. The molecule has 2 N–H and O–H groups in total. The van der Waals surface area contributed by atoms with Crippen LogP contribution in [0.2, 0.25) is 0 Å². The summed E-state index contributed by atoms with van der Waals surface area (Å²) in [4.78, 5) is 9.68. The second kappa shape index (κ2) is 5.63. The summed E-state index contributed by atoms with van der Waals surface area (Å²) >= 11 is 1.67. The first-order valence-electron chi connectivity index (χ1n) is 5.61. The maximum atomic E-state index is 4.23. The zero-order chi connectivity index (χ0) is 12.1. The molecule has 0 saturated carbocycles. The van der Waals surface area contributed by atoms with Gasteiger partial charge >= 0.3 is 0 Å². The van der Waals surface area contributed by atoms with Gasteiger partial charge in [0.2, 0.25) is 0 Å². The molecule has 0 bridgehead atoms. The second-order valence-electron chi connectivity index (χ2n) is 3.71. The van der Waals surface area contributed by atoms with E-state index in [2.05, 4.69) is 33.6 Å². The molecular formula is C12H16N4S. The number of rotatable bonds is 5. The highest BCUT2D eigenvalue weighted by Crippen LogP contribution is 2.17. The Balaban J connectivity index is 1.99. The van der Waals surface area contributed by atoms with Crippen LogP contribution in [0, 0.1) is 6.92 Å². The lowest BCUT2D eigenvalue weighted by Gasteiger charge is -2.07. The summed E-state index contributed by atoms with van der Waals surface area (Å²) in [6.07, 6.45) is 3.66. The molecule has 90 valence electrons. The summed E-state index contributed by atoms with van der Waals surface area (Å²) in [7, 11) is 0. The van der Waals surface area contributed by atoms with Crippen LogP contribution in [0.5, 0.6) is 0 Å². The van der Waals surface area contributed by atoms with E-state index in [0.717, 1.165) is 30.2 Å². The predicted molar refractivity (Wildman–Crippen MR) is 72.6 cm³/mol. The lowest BCUT2D eigenvalue weighted by molar-refractivity contribution is 1.11. The number of aromatic nitrogens is 2. The lowest BCUT2D eigenvalue weighted by Crippen LogP contribution is -2.02. The molecule has 0 amide bonds. The molecule has 2 aromatic rings. The van der Waals surface area contributed by atoms with Gasteiger partial charge in [-0.25, -0.2) is 4.98 Å². The van der Waals surface area contributed by atoms with Gasteiger partial charge in [-0.1, -0.05) is 0 Å². The fourth-order valence-electron chi connectivity index (χ4n) is 1.52. The molecule has 2 rings (SSSR count). The third-order valence-electron chi connectivity index (χ3n) is 2.42. The number of hydrogen-bond donors (Lipinski definition) is 2. The second-order valence-corrected chi connectivity index (χ2v) is 4.65. The van der Waals surface area contributed by atoms with Gasteiger partial charge in [-0.3, -0.25) is 4.98 Å². The van der Waals surface area contributed by atoms with Crippen LogP contribution in [0.25, 0.3) is 0 Å². The van der Waals surface area contributed by atoms with Crippen LogP contribution in [0.4, 0.5) is 11.4 Å². The molecule has 0 spiro atoms. The Morgan fingerprint density at radius 1 is 1.24 bits per heavy atom. The van der Waals surface area contributed by atoms with Gasteiger partial charge in [-0.15, -0.1) is 11.3 Å². The van der Waals surface area contributed by atoms with Crippen LogP contribution in [0.3, 0.4) is 0 Å². The van der Waals surface area contributed by atoms with Crippen LogP contribution in [-0.4, -0.2) is 16.5 Å². The Labute approximate surface area is 105 Å². The molecule has 2 aromatic heterocycles. The Morgan fingerprint density at radius 2 is 2.00 bits per heavy atom. The largest absolute Gasteiger partial charge is 0.384 e. The van der Waals surface area contributed by atoms with E-state index in [0.29, 0.717) is 0 Å². The van der Waals surface area contributed by atoms with E-state index in [4.69, 9.17) is 0 Å². The van der Waals surface area contributed by atoms with E-state index in [1.165, 1.54) is 4.88 Å². The number of hydrogen-bond acceptors (Lipinski definition) is 5. The fourth-order valence-corrected chi connectivity index (χ4v) is 2.23. The van der Waals surface area contributed by atoms with Crippen molar-refractivity contribution >= 4 is 22.7 Å². The first-order valence-corrected chi connectivity index (χ1v) is 6.49. The molecule has 0 unspecified atom stereocenters. The summed E-state index contributed by atoms with van der Waals surface area (Å²) in [5.74, 6) is 0. The SMILES string of the molecule is CCNc1cncc(NCc2scnc2C)c1. The highest BCUT2D eigenvalue weighted by molar-refractivity contribution is 7.09. The van der Waals surface area contributed by atoms with E-state index in [9.17, 15) is 0 Å². The highest BCUT2D eigenvalue weighted by atomic mass is 32.1. The third kappa shape index (κ3) is 3.17. The van der Waals surface area contributed by atoms with Crippen LogP contribution < -0.4 is 10.6 Å². The van der Waals surface area contributed by atoms with Crippen LogP contribution in [0.15, 0.2) is 24.0 Å². The van der Waals surface area contributed by atoms with E-state index < -0.39 is 0 Å². The quantitative estimate of drug-likeness (QED) is 0.854. The van der Waals surface area contributed by atoms with E-state index in [1.54, 1.807) is 11.3 Å². The zero-order valence-corrected chi connectivity index (χ0v) is 10.8. The highest BCUT2D eigenvalue weighted by Gasteiger charge is 2.01. The van der Waals surface area contributed by atoms with Gasteiger partial charge in [0.15, 0.2) is 0 Å². The average molecular weight is 248 g/mol. The lowest BCUT2D eigenvalue weighted by atomic mass is 10.3. The van der Waals surface area contributed by atoms with Crippen molar-refractivity contribution in [1.29, 1.82) is 0 Å². The van der Waals surface area contributed by atoms with E-state index in [-0.39, 0.29) is 0 Å². The molecule has 2 heterocycles. The van der Waals surface area contributed by atoms with Crippen molar-refractivity contribution in [2.45, 2.75) is 20.4 Å². The summed E-state index contributed by atoms with van der Waals surface area (Å²) in [6.45, 7) is 5.80. The van der Waals surface area contributed by atoms with Gasteiger partial charge in [-0.05, 0) is 19.9 Å². The monoisotopic (exact) mass is 248 g/mol. The van der Waals surface area contributed by atoms with Crippen molar-refractivity contribution in [2.24, 2.45) is 0 Å². The summed E-state index contributed by atoms with van der Waals surface area (Å²) in [5, 5.41) is 6.59. The van der Waals surface area contributed by atoms with Crippen LogP contribution >= 0.6 is 11.3 Å². The van der Waals surface area contributed by atoms with Gasteiger partial charge in [0.25, 0.3) is 0 Å². The van der Waals surface area contributed by atoms with Crippen molar-refractivity contribution in [1.82, 2.24) is 9.97 Å². The van der Waals surface area contributed by atoms with Gasteiger partial charge in [0, 0.05) is 11.4 Å². The summed E-state index contributed by atoms with van der Waals surface area (Å²) < 4.78 is 0. The maximum absolute atomic E-state index is 4.23. The molecule has 0 aromatic carbocycles. The first kappa shape index (κ1) is 11.9. The topological polar surface area (TPSA) is 49.8 Å². The van der Waals surface area contributed by atoms with Gasteiger partial charge in [0.05, 0.1) is 41.5 Å². The molecule has 0 aliphatic rings. The number of anilines is 2. The van der Waals surface area contributed by atoms with Crippen LogP contribution in [-0.2, 0) is 6.54 Å². The Bertz CT molecular complexity index is 481. The minimum Gasteiger partial charge on any atom is -0.384 e. The first-order chi connectivity index (χ1) is 8.29. The molecular weight excluding hydrogens is 232 g/mol. The number of thiazole rings is 1. The molecule has 0 fully saturated rings. The Hall–Kier alpha value is -1.62. The molecule has 5 heteroatoms. The van der Waals surface area contributed by atoms with Crippen molar-refractivity contribution in [2.75, 3.05) is 17.2 Å². The number of pyridine rings is 1. The number of nitrogens with one attached hydrogen (secondary N) is 2. The molecule has 0 radical (unpaired) electrons. The van der Waals surface area contributed by atoms with Crippen molar-refractivity contribution in [3.05, 3.63) is 34.5 Å². The zero-order valence-electron chi connectivity index (χ0n) is 10.0. The van der Waals surface area contributed by atoms with Gasteiger partial charge in [-0.2, -0.15) is 0 Å². The summed E-state index contributed by atoms with van der Waals surface area (Å²) in [6, 6.07) is 2.06. The summed E-state index contributed by atoms with van der Waals surface area (Å²) in [5.41, 5.74) is 5.03. The fraction of sp³-hybridized carbons (Fsp3) is 0.333. The normalized spacial score (nSPS) is 10.2. The Morgan fingerprint density at radius 3 is 2.65 bits per heavy atom. The van der Waals surface area contributed by atoms with Gasteiger partial charge < -0.3 is 10.6 Å². The minimum atomic E-state index is 0.799. The predicted octanol–water partition coefficient (Wildman–Crippen LogP) is 2.89. The Kier molecular flexibility index (Phi) is 3.93. The maximum Gasteiger partial charge on any atom is 0.0798 e. The molecule has 17 heavy (non-hydrogen) atoms. The molecule has 0 saturated heterocycles. The van der Waals surface area contributed by atoms with E-state index >= 15 is 0 Å². The van der Waals surface area contributed by atoms with Crippen molar-refractivity contribution in [3.8, 4) is 0 Å². The molecule has 0 atom stereocenters. The average Bonchev–Trinajstić information content (AvgIpc) is 2.73. The van der Waals surface area contributed by atoms with Crippen LogP contribution in [0.1, 0.15) is 17.5 Å². The molecule has 4 nitrogen and oxygen atoms in total. The van der Waals surface area contributed by atoms with Gasteiger partial charge in [0.1, 0.15) is 0 Å². The minimum absolute atomic E-state index is 0.799. The number of nitrogens with zero attached hydrogens (tertiary/aromatic N) is 2. The standard InChI is InChI=1S/C12H16N4S/c1-3-14-10-4-11(6-13-5-10)15-7-12-9(2)16-8-17-12/h4-6,8,14-15H,3,7H2,1-2H3. The van der Waals surface area contributed by atoms with Crippen molar-refractivity contribution < 1.29 is 0 Å². The number of aryl methyl sites for hydroxylation is 1. The third-order valence-corrected chi connectivity index (χ3v) is 3.35.